The summed E-state index contributed by atoms with van der Waals surface area (Å²) in [5, 5.41) is 10.9. The molecule has 2 aromatic heterocycles. The zero-order chi connectivity index (χ0) is 14.4. The van der Waals surface area contributed by atoms with Crippen LogP contribution in [0.3, 0.4) is 0 Å². The minimum Gasteiger partial charge on any atom is -0.351 e. The van der Waals surface area contributed by atoms with Crippen molar-refractivity contribution < 1.29 is 4.79 Å². The van der Waals surface area contributed by atoms with E-state index in [-0.39, 0.29) is 5.91 Å². The zero-order valence-electron chi connectivity index (χ0n) is 10.7. The number of carbonyl (C=O) groups is 1. The van der Waals surface area contributed by atoms with Crippen LogP contribution in [0.2, 0.25) is 0 Å². The van der Waals surface area contributed by atoms with Crippen molar-refractivity contribution in [3.8, 4) is 0 Å². The van der Waals surface area contributed by atoms with Gasteiger partial charge in [-0.2, -0.15) is 0 Å². The van der Waals surface area contributed by atoms with E-state index < -0.39 is 0 Å². The minimum absolute atomic E-state index is 0.0918. The van der Waals surface area contributed by atoms with Crippen LogP contribution in [0.25, 0.3) is 0 Å². The maximum absolute atomic E-state index is 10.9. The van der Waals surface area contributed by atoms with Crippen LogP contribution in [0, 0.1) is 0 Å². The van der Waals surface area contributed by atoms with Crippen molar-refractivity contribution in [3.63, 3.8) is 0 Å². The average Bonchev–Trinajstić information content (AvgIpc) is 2.89. The summed E-state index contributed by atoms with van der Waals surface area (Å²) in [6.07, 6.45) is 0. The molecule has 2 aromatic rings. The molecule has 6 nitrogen and oxygen atoms in total. The molecule has 104 valence electrons. The topological polar surface area (TPSA) is 78.9 Å². The lowest BCUT2D eigenvalue weighted by atomic mass is 10.3. The molecule has 8 heteroatoms. The summed E-state index contributed by atoms with van der Waals surface area (Å²) in [5.41, 5.74) is 2.47. The van der Waals surface area contributed by atoms with Gasteiger partial charge in [0.2, 0.25) is 5.91 Å². The number of anilines is 2. The lowest BCUT2D eigenvalue weighted by Gasteiger charge is -2.09. The molecular weight excluding hydrogens is 294 g/mol. The van der Waals surface area contributed by atoms with E-state index in [4.69, 9.17) is 12.2 Å². The summed E-state index contributed by atoms with van der Waals surface area (Å²) >= 11 is 6.65. The molecule has 20 heavy (non-hydrogen) atoms. The molecular formula is C12H13N5OS2. The van der Waals surface area contributed by atoms with E-state index in [1.807, 2.05) is 17.5 Å². The fourth-order valence-electron chi connectivity index (χ4n) is 1.40. The van der Waals surface area contributed by atoms with Gasteiger partial charge in [-0.1, -0.05) is 6.07 Å². The molecule has 0 unspecified atom stereocenters. The maximum atomic E-state index is 10.9. The highest BCUT2D eigenvalue weighted by Gasteiger charge is 2.03. The molecule has 0 bridgehead atoms. The van der Waals surface area contributed by atoms with Crippen LogP contribution in [0.4, 0.5) is 11.6 Å². The van der Waals surface area contributed by atoms with Crippen molar-refractivity contribution in [1.82, 2.24) is 15.3 Å². The van der Waals surface area contributed by atoms with Gasteiger partial charge in [-0.15, -0.1) is 11.3 Å². The number of amides is 1. The first-order valence-electron chi connectivity index (χ1n) is 5.80. The highest BCUT2D eigenvalue weighted by atomic mass is 32.1. The number of thiocarbonyl (C=S) groups is 1. The summed E-state index contributed by atoms with van der Waals surface area (Å²) < 4.78 is 0. The summed E-state index contributed by atoms with van der Waals surface area (Å²) in [5.74, 6) is 1.22. The Bertz CT molecular complexity index is 600. The van der Waals surface area contributed by atoms with E-state index >= 15 is 0 Å². The Morgan fingerprint density at radius 1 is 1.35 bits per heavy atom. The van der Waals surface area contributed by atoms with Gasteiger partial charge in [-0.05, 0) is 24.4 Å². The molecule has 0 saturated carbocycles. The number of hydrogen-bond acceptors (Lipinski definition) is 5. The summed E-state index contributed by atoms with van der Waals surface area (Å²) in [6, 6.07) is 5.47. The molecule has 0 atom stereocenters. The highest BCUT2D eigenvalue weighted by Crippen LogP contribution is 2.09. The molecule has 0 radical (unpaired) electrons. The lowest BCUT2D eigenvalue weighted by molar-refractivity contribution is -0.119. The second-order valence-electron chi connectivity index (χ2n) is 3.88. The molecule has 0 aliphatic heterocycles. The summed E-state index contributed by atoms with van der Waals surface area (Å²) in [7, 11) is 0. The van der Waals surface area contributed by atoms with E-state index in [1.54, 1.807) is 11.6 Å². The van der Waals surface area contributed by atoms with Gasteiger partial charge in [0.1, 0.15) is 11.6 Å². The Kier molecular flexibility index (Phi) is 4.97. The van der Waals surface area contributed by atoms with Crippen LogP contribution in [-0.4, -0.2) is 21.0 Å². The average molecular weight is 307 g/mol. The van der Waals surface area contributed by atoms with Gasteiger partial charge in [-0.25, -0.2) is 9.97 Å². The second kappa shape index (κ2) is 6.92. The van der Waals surface area contributed by atoms with Crippen LogP contribution in [0.5, 0.6) is 0 Å². The third-order valence-corrected chi connectivity index (χ3v) is 3.03. The molecule has 3 N–H and O–H groups in total. The van der Waals surface area contributed by atoms with Crippen molar-refractivity contribution >= 4 is 46.2 Å². The van der Waals surface area contributed by atoms with Gasteiger partial charge in [0.25, 0.3) is 0 Å². The predicted octanol–water partition coefficient (Wildman–Crippen LogP) is 1.98. The minimum atomic E-state index is -0.0918. The van der Waals surface area contributed by atoms with E-state index in [0.29, 0.717) is 23.3 Å². The van der Waals surface area contributed by atoms with Crippen LogP contribution >= 0.6 is 23.6 Å². The quantitative estimate of drug-likeness (QED) is 0.750. The van der Waals surface area contributed by atoms with Crippen molar-refractivity contribution in [2.45, 2.75) is 13.5 Å². The summed E-state index contributed by atoms with van der Waals surface area (Å²) in [4.78, 5) is 19.3. The fourth-order valence-corrected chi connectivity index (χ4v) is 2.09. The van der Waals surface area contributed by atoms with Crippen molar-refractivity contribution in [2.24, 2.45) is 0 Å². The molecule has 0 fully saturated rings. The van der Waals surface area contributed by atoms with Gasteiger partial charge >= 0.3 is 0 Å². The van der Waals surface area contributed by atoms with Gasteiger partial charge in [0.15, 0.2) is 5.11 Å². The molecule has 2 rings (SSSR count). The van der Waals surface area contributed by atoms with E-state index in [9.17, 15) is 4.79 Å². The highest BCUT2D eigenvalue weighted by molar-refractivity contribution is 7.80. The largest absolute Gasteiger partial charge is 0.351 e. The number of rotatable bonds is 4. The van der Waals surface area contributed by atoms with Crippen LogP contribution in [0.15, 0.2) is 29.1 Å². The maximum Gasteiger partial charge on any atom is 0.217 e. The molecule has 1 amide bonds. The van der Waals surface area contributed by atoms with E-state index in [1.165, 1.54) is 18.3 Å². The van der Waals surface area contributed by atoms with E-state index in [2.05, 4.69) is 25.9 Å². The normalized spacial score (nSPS) is 9.85. The van der Waals surface area contributed by atoms with Crippen LogP contribution in [0.1, 0.15) is 12.6 Å². The number of nitrogens with zero attached hydrogens (tertiary/aromatic N) is 2. The van der Waals surface area contributed by atoms with Crippen molar-refractivity contribution in [2.75, 3.05) is 10.6 Å². The Morgan fingerprint density at radius 3 is 2.85 bits per heavy atom. The van der Waals surface area contributed by atoms with Crippen molar-refractivity contribution in [1.29, 1.82) is 0 Å². The molecule has 0 saturated heterocycles. The number of hydrogen-bond donors (Lipinski definition) is 3. The number of thiazole rings is 1. The Hall–Kier alpha value is -2.06. The van der Waals surface area contributed by atoms with Crippen LogP contribution < -0.4 is 16.0 Å². The fraction of sp³-hybridized carbons (Fsp3) is 0.167. The Balaban J connectivity index is 1.93. The second-order valence-corrected chi connectivity index (χ2v) is 5.00. The lowest BCUT2D eigenvalue weighted by Crippen LogP contribution is -2.22. The number of pyridine rings is 1. The Labute approximate surface area is 125 Å². The molecule has 0 aliphatic rings. The number of carbonyl (C=O) groups excluding carboxylic acids is 1. The first-order chi connectivity index (χ1) is 9.63. The third-order valence-electron chi connectivity index (χ3n) is 2.24. The van der Waals surface area contributed by atoms with Gasteiger partial charge in [0, 0.05) is 12.3 Å². The number of aromatic nitrogens is 2. The standard InChI is InChI=1S/C12H13N5OS2/c1-8(18)13-5-9-3-2-4-10(15-9)16-12(19)17-11-6-20-7-14-11/h2-4,6-7H,5H2,1H3,(H,13,18)(H2,15,16,17,19). The molecule has 0 spiro atoms. The molecule has 2 heterocycles. The van der Waals surface area contributed by atoms with Gasteiger partial charge in [-0.3, -0.25) is 4.79 Å². The SMILES string of the molecule is CC(=O)NCc1cccc(NC(=S)Nc2cscn2)n1. The van der Waals surface area contributed by atoms with Gasteiger partial charge in [0.05, 0.1) is 17.7 Å². The number of nitrogens with one attached hydrogen (secondary N) is 3. The van der Waals surface area contributed by atoms with Gasteiger partial charge < -0.3 is 16.0 Å². The smallest absolute Gasteiger partial charge is 0.217 e. The third kappa shape index (κ3) is 4.56. The van der Waals surface area contributed by atoms with E-state index in [0.717, 1.165) is 5.69 Å². The summed E-state index contributed by atoms with van der Waals surface area (Å²) in [6.45, 7) is 1.85. The predicted molar refractivity (Wildman–Crippen MR) is 83.7 cm³/mol. The first kappa shape index (κ1) is 14.4. The first-order valence-corrected chi connectivity index (χ1v) is 7.15. The monoisotopic (exact) mass is 307 g/mol. The van der Waals surface area contributed by atoms with Crippen molar-refractivity contribution in [3.05, 3.63) is 34.8 Å². The van der Waals surface area contributed by atoms with Crippen LogP contribution in [-0.2, 0) is 11.3 Å². The molecule has 0 aliphatic carbocycles. The zero-order valence-corrected chi connectivity index (χ0v) is 12.3. The Morgan fingerprint density at radius 2 is 2.15 bits per heavy atom. The molecule has 0 aromatic carbocycles.